The minimum absolute atomic E-state index is 0.000658. The van der Waals surface area contributed by atoms with Crippen LogP contribution in [0.1, 0.15) is 151 Å². The minimum Gasteiger partial charge on any atom is -0.420 e. The van der Waals surface area contributed by atoms with Gasteiger partial charge in [-0.1, -0.05) is 61.1 Å². The van der Waals surface area contributed by atoms with E-state index in [0.29, 0.717) is 62.0 Å². The Morgan fingerprint density at radius 2 is 0.694 bits per heavy atom. The van der Waals surface area contributed by atoms with Crippen molar-refractivity contribution in [3.63, 3.8) is 0 Å². The Morgan fingerprint density at radius 3 is 1.02 bits per heavy atom. The molecule has 124 heavy (non-hydrogen) atoms. The van der Waals surface area contributed by atoms with Crippen LogP contribution in [0.5, 0.6) is 5.75 Å². The summed E-state index contributed by atoms with van der Waals surface area (Å²) in [6.07, 6.45) is -4.85. The molecular weight excluding hydrogens is 1670 g/mol. The number of benzene rings is 1. The topological polar surface area (TPSA) is 535 Å². The van der Waals surface area contributed by atoms with E-state index in [1.54, 1.807) is 6.20 Å². The predicted octanol–water partition coefficient (Wildman–Crippen LogP) is -0.446. The summed E-state index contributed by atoms with van der Waals surface area (Å²) in [5, 5.41) is 119. The molecule has 3 aromatic heterocycles. The number of nitrogens with zero attached hydrogens (tertiary/aromatic N) is 9. The fraction of sp³-hybridized carbons (Fsp3) is 0.779. The maximum Gasteiger partial charge on any atom is 0.311 e. The summed E-state index contributed by atoms with van der Waals surface area (Å²) in [7, 11) is 4.12. The number of methoxy groups -OCH3 is 3. The zero-order valence-electron chi connectivity index (χ0n) is 70.2. The van der Waals surface area contributed by atoms with Gasteiger partial charge < -0.3 is 138 Å². The first-order valence-electron chi connectivity index (χ1n) is 41.5. The predicted molar refractivity (Wildman–Crippen MR) is 414 cm³/mol. The zero-order chi connectivity index (χ0) is 89.8. The van der Waals surface area contributed by atoms with Crippen LogP contribution in [0, 0.1) is 29.1 Å². The molecule has 704 valence electrons. The van der Waals surface area contributed by atoms with E-state index in [9.17, 15) is 86.8 Å². The lowest BCUT2D eigenvalue weighted by Gasteiger charge is -2.41. The Bertz CT molecular complexity index is 3430. The van der Waals surface area contributed by atoms with Gasteiger partial charge in [0, 0.05) is 78.6 Å². The van der Waals surface area contributed by atoms with Gasteiger partial charge in [0.05, 0.1) is 157 Å². The van der Waals surface area contributed by atoms with Crippen LogP contribution in [-0.2, 0) is 115 Å². The van der Waals surface area contributed by atoms with E-state index in [1.165, 1.54) is 47.8 Å². The third-order valence-electron chi connectivity index (χ3n) is 20.6. The Labute approximate surface area is 713 Å². The molecule has 47 heteroatoms. The maximum atomic E-state index is 14.1. The summed E-state index contributed by atoms with van der Waals surface area (Å²) in [4.78, 5) is 67.4. The Kier molecular flexibility index (Phi) is 47.6. The molecule has 0 saturated carbocycles. The molecule has 0 bridgehead atoms. The number of halogens is 5. The molecule has 15 atom stereocenters. The second kappa shape index (κ2) is 56.8. The summed E-state index contributed by atoms with van der Waals surface area (Å²) >= 11 is 0. The van der Waals surface area contributed by atoms with E-state index >= 15 is 0 Å². The molecule has 12 N–H and O–H groups in total. The van der Waals surface area contributed by atoms with Crippen LogP contribution in [-0.4, -0.2) is 348 Å². The highest BCUT2D eigenvalue weighted by molar-refractivity contribution is 5.80. The van der Waals surface area contributed by atoms with Crippen molar-refractivity contribution in [2.45, 2.75) is 233 Å². The van der Waals surface area contributed by atoms with Gasteiger partial charge in [-0.25, -0.2) is 27.2 Å². The second-order valence-electron chi connectivity index (χ2n) is 29.5. The van der Waals surface area contributed by atoms with Crippen molar-refractivity contribution in [1.82, 2.24) is 66.2 Å². The van der Waals surface area contributed by atoms with Gasteiger partial charge in [0.25, 0.3) is 0 Å². The molecule has 3 aliphatic rings. The standard InChI is InChI=1S/C77H122F5N13O29/c1-5-51-67(103)70(106)64(74(109-2)121-51)93-40-48(87-90-93)45-118-37-34-115-31-28-112-25-22-83-54(98)16-19-77(86-57(101)14-12-10-8-6-7-9-11-13-15-58(102)124-73-62(81)60(79)59(78)61(80)63(73)82,20-17-55(99)84-23-26-113-29-32-116-35-38-119-46-49-41-94(91-88-49)65-71(107)68(104)52(43-96)122-75(65)110-3)21-18-56(100)85-24-27-114-30-33-117-36-39-120-47-50-42-95(92-89-50)66-72(108)69(105)53(44-97)123-76(66)111-4/h40-42,51-53,64-72,74-76,96-97,103-108H,5-39,43-47H2,1-4H3,(H,83,98)(H,84,99)(H,85,100)(H,86,101)/t51-,52-,53-,64-,65-,66-,67+,68+,69+,70-,71-,72-,74-,75-,76-/m1/s1. The van der Waals surface area contributed by atoms with Crippen LogP contribution < -0.4 is 26.0 Å². The second-order valence-corrected chi connectivity index (χ2v) is 29.5. The van der Waals surface area contributed by atoms with E-state index in [4.69, 9.17) is 71.1 Å². The maximum absolute atomic E-state index is 14.1. The molecule has 4 aromatic rings. The van der Waals surface area contributed by atoms with E-state index in [0.717, 1.165) is 6.42 Å². The Balaban J connectivity index is 0.863. The average molecular weight is 1790 g/mol. The SMILES string of the molecule is CC[C@H]1O[C@@H](OC)[C@H](n2cc(COCCOCCOCCNC(=O)CCC(CCC(=O)NCCOCCOCCOCc3cn([C@H]4[C@H](OC)O[C@H](CO)[C@H](O)[C@@H]4O)nn3)(CCC(=O)NCCOCCOCCOCc3cn([C@H]4[C@H](OC)O[C@H](CO)[C@H](O)[C@@H]4O)nn3)NC(=O)CCCCCCCCCCC(=O)Oc3c(F)c(F)c(F)c(F)c3F)nn2)[C@@H](O)[C@H]1O. The van der Waals surface area contributed by atoms with Gasteiger partial charge in [-0.3, -0.25) is 24.0 Å². The monoisotopic (exact) mass is 1790 g/mol. The highest BCUT2D eigenvalue weighted by Crippen LogP contribution is 2.36. The van der Waals surface area contributed by atoms with Gasteiger partial charge >= 0.3 is 5.97 Å². The van der Waals surface area contributed by atoms with Crippen molar-refractivity contribution in [2.24, 2.45) is 0 Å². The third-order valence-corrected chi connectivity index (χ3v) is 20.6. The quantitative estimate of drug-likeness (QED) is 0.00665. The zero-order valence-corrected chi connectivity index (χ0v) is 70.2. The number of aliphatic hydroxyl groups is 8. The largest absolute Gasteiger partial charge is 0.420 e. The fourth-order valence-corrected chi connectivity index (χ4v) is 13.7. The molecule has 4 amide bonds. The molecule has 6 heterocycles. The van der Waals surface area contributed by atoms with Crippen molar-refractivity contribution < 1.29 is 163 Å². The number of carbonyl (C=O) groups is 5. The van der Waals surface area contributed by atoms with Gasteiger partial charge in [-0.05, 0) is 38.5 Å². The summed E-state index contributed by atoms with van der Waals surface area (Å²) in [5.41, 5.74) is -0.0294. The highest BCUT2D eigenvalue weighted by atomic mass is 19.2. The molecule has 42 nitrogen and oxygen atoms in total. The third kappa shape index (κ3) is 33.7. The van der Waals surface area contributed by atoms with Gasteiger partial charge in [0.1, 0.15) is 84.0 Å². The normalized spacial score (nSPS) is 22.9. The van der Waals surface area contributed by atoms with Crippen LogP contribution in [0.4, 0.5) is 22.0 Å². The van der Waals surface area contributed by atoms with E-state index in [1.807, 2.05) is 6.92 Å². The first-order chi connectivity index (χ1) is 59.9. The number of amides is 4. The van der Waals surface area contributed by atoms with Crippen LogP contribution in [0.15, 0.2) is 18.6 Å². The molecule has 3 aliphatic heterocycles. The summed E-state index contributed by atoms with van der Waals surface area (Å²) in [6, 6.07) is -2.78. The molecule has 3 fully saturated rings. The number of aliphatic hydroxyl groups excluding tert-OH is 8. The Morgan fingerprint density at radius 1 is 0.395 bits per heavy atom. The van der Waals surface area contributed by atoms with E-state index < -0.39 is 175 Å². The number of esters is 1. The summed E-state index contributed by atoms with van der Waals surface area (Å²) in [6.45, 7) is 3.61. The molecule has 0 aliphatic carbocycles. The van der Waals surface area contributed by atoms with Crippen molar-refractivity contribution in [1.29, 1.82) is 0 Å². The highest BCUT2D eigenvalue weighted by Gasteiger charge is 2.49. The number of unbranched alkanes of at least 4 members (excludes halogenated alkanes) is 7. The van der Waals surface area contributed by atoms with Gasteiger partial charge in [0.2, 0.25) is 58.5 Å². The number of aromatic nitrogens is 9. The Hall–Kier alpha value is -7.28. The van der Waals surface area contributed by atoms with Gasteiger partial charge in [0.15, 0.2) is 18.9 Å². The lowest BCUT2D eigenvalue weighted by Crippen LogP contribution is -2.56. The lowest BCUT2D eigenvalue weighted by atomic mass is 9.82. The average Bonchev–Trinajstić information content (AvgIpc) is 1.07. The number of ether oxygens (including phenoxy) is 16. The van der Waals surface area contributed by atoms with E-state index in [-0.39, 0.29) is 196 Å². The first kappa shape index (κ1) is 104. The van der Waals surface area contributed by atoms with Crippen molar-refractivity contribution in [2.75, 3.05) is 153 Å². The smallest absolute Gasteiger partial charge is 0.311 e. The number of hydrogen-bond donors (Lipinski definition) is 12. The molecule has 0 radical (unpaired) electrons. The number of nitrogens with one attached hydrogen (secondary N) is 4. The summed E-state index contributed by atoms with van der Waals surface area (Å²) in [5.74, 6) is -15.9. The van der Waals surface area contributed by atoms with Crippen LogP contribution in [0.25, 0.3) is 0 Å². The molecule has 1 aromatic carbocycles. The summed E-state index contributed by atoms with van der Waals surface area (Å²) < 4.78 is 161. The lowest BCUT2D eigenvalue weighted by molar-refractivity contribution is -0.274. The molecule has 7 rings (SSSR count). The molecule has 0 unspecified atom stereocenters. The molecule has 3 saturated heterocycles. The van der Waals surface area contributed by atoms with Crippen molar-refractivity contribution >= 4 is 29.6 Å². The molecular formula is C77H122F5N13O29. The van der Waals surface area contributed by atoms with Crippen LogP contribution in [0.2, 0.25) is 0 Å². The molecule has 0 spiro atoms. The van der Waals surface area contributed by atoms with Gasteiger partial charge in [-0.2, -0.15) is 8.78 Å². The first-order valence-corrected chi connectivity index (χ1v) is 41.5. The number of hydrogen-bond acceptors (Lipinski definition) is 35. The van der Waals surface area contributed by atoms with Crippen molar-refractivity contribution in [3.8, 4) is 5.75 Å². The van der Waals surface area contributed by atoms with Crippen molar-refractivity contribution in [3.05, 3.63) is 64.8 Å². The van der Waals surface area contributed by atoms with Gasteiger partial charge in [-0.15, -0.1) is 15.3 Å². The number of rotatable bonds is 64. The fourth-order valence-electron chi connectivity index (χ4n) is 13.7. The number of carbonyl (C=O) groups excluding carboxylic acids is 5. The van der Waals surface area contributed by atoms with E-state index in [2.05, 4.69) is 56.9 Å². The van der Waals surface area contributed by atoms with Crippen LogP contribution >= 0.6 is 0 Å². The van der Waals surface area contributed by atoms with Crippen LogP contribution in [0.3, 0.4) is 0 Å². The minimum atomic E-state index is -2.38.